The van der Waals surface area contributed by atoms with Gasteiger partial charge in [0.05, 0.1) is 10.5 Å². The predicted octanol–water partition coefficient (Wildman–Crippen LogP) is 4.09. The van der Waals surface area contributed by atoms with Crippen LogP contribution in [0.15, 0.2) is 60.0 Å². The van der Waals surface area contributed by atoms with Crippen molar-refractivity contribution in [3.63, 3.8) is 0 Å². The Labute approximate surface area is 162 Å². The van der Waals surface area contributed by atoms with Crippen molar-refractivity contribution in [2.75, 3.05) is 24.4 Å². The number of halogens is 3. The molecule has 0 saturated carbocycles. The Morgan fingerprint density at radius 3 is 2.29 bits per heavy atom. The van der Waals surface area contributed by atoms with Crippen molar-refractivity contribution >= 4 is 15.7 Å². The summed E-state index contributed by atoms with van der Waals surface area (Å²) in [5.74, 6) is 0. The largest absolute Gasteiger partial charge is 0.416 e. The van der Waals surface area contributed by atoms with Gasteiger partial charge in [0, 0.05) is 25.3 Å². The molecule has 0 fully saturated rings. The van der Waals surface area contributed by atoms with Crippen molar-refractivity contribution in [3.05, 3.63) is 71.8 Å². The lowest BCUT2D eigenvalue weighted by Gasteiger charge is -2.16. The number of fused-ring (bicyclic) bond motifs is 1. The molecule has 0 radical (unpaired) electrons. The normalized spacial score (nSPS) is 15.5. The third kappa shape index (κ3) is 4.74. The van der Waals surface area contributed by atoms with E-state index >= 15 is 0 Å². The molecule has 28 heavy (non-hydrogen) atoms. The van der Waals surface area contributed by atoms with Crippen LogP contribution in [0.5, 0.6) is 0 Å². The van der Waals surface area contributed by atoms with E-state index in [-0.39, 0.29) is 4.90 Å². The number of benzene rings is 2. The number of nitrogens with zero attached hydrogens (tertiary/aromatic N) is 1. The maximum absolute atomic E-state index is 12.7. The summed E-state index contributed by atoms with van der Waals surface area (Å²) in [5.41, 5.74) is 1.75. The number of nitrogens with one attached hydrogen (secondary N) is 1. The smallest absolute Gasteiger partial charge is 0.299 e. The monoisotopic (exact) mass is 410 g/mol. The fraction of sp³-hybridized carbons (Fsp3) is 0.300. The predicted molar refractivity (Wildman–Crippen MR) is 103 cm³/mol. The zero-order valence-corrected chi connectivity index (χ0v) is 16.0. The van der Waals surface area contributed by atoms with Crippen LogP contribution >= 0.6 is 0 Å². The first kappa shape index (κ1) is 20.4. The lowest BCUT2D eigenvalue weighted by Crippen LogP contribution is -2.26. The standard InChI is InChI=1S/C20H21F3N2O2S/c1-2-11-25-12-9-15-3-6-18(14-16(15)10-13-25)24-28(26,27)19-7-4-17(5-8-19)20(21,22)23/h2-8,14,24H,1,9-13H2. The molecule has 0 aliphatic carbocycles. The molecule has 0 amide bonds. The van der Waals surface area contributed by atoms with Gasteiger partial charge in [0.25, 0.3) is 10.0 Å². The Bertz CT molecular complexity index is 954. The Balaban J connectivity index is 1.77. The Hall–Kier alpha value is -2.32. The molecule has 0 aromatic heterocycles. The molecule has 150 valence electrons. The quantitative estimate of drug-likeness (QED) is 0.756. The molecular formula is C20H21F3N2O2S. The fourth-order valence-corrected chi connectivity index (χ4v) is 4.29. The molecule has 1 heterocycles. The number of hydrogen-bond donors (Lipinski definition) is 1. The molecular weight excluding hydrogens is 389 g/mol. The van der Waals surface area contributed by atoms with Gasteiger partial charge in [0.15, 0.2) is 0 Å². The Morgan fingerprint density at radius 1 is 1.04 bits per heavy atom. The highest BCUT2D eigenvalue weighted by Gasteiger charge is 2.30. The number of rotatable bonds is 5. The van der Waals surface area contributed by atoms with Crippen molar-refractivity contribution in [1.29, 1.82) is 0 Å². The molecule has 0 saturated heterocycles. The zero-order valence-electron chi connectivity index (χ0n) is 15.2. The lowest BCUT2D eigenvalue weighted by molar-refractivity contribution is -0.137. The maximum Gasteiger partial charge on any atom is 0.416 e. The topological polar surface area (TPSA) is 49.4 Å². The second kappa shape index (κ2) is 7.97. The Kier molecular flexibility index (Phi) is 5.81. The van der Waals surface area contributed by atoms with E-state index in [1.807, 2.05) is 12.1 Å². The molecule has 4 nitrogen and oxygen atoms in total. The van der Waals surface area contributed by atoms with E-state index in [0.717, 1.165) is 62.3 Å². The minimum atomic E-state index is -4.51. The molecule has 3 rings (SSSR count). The van der Waals surface area contributed by atoms with Crippen LogP contribution in [0.4, 0.5) is 18.9 Å². The highest BCUT2D eigenvalue weighted by molar-refractivity contribution is 7.92. The summed E-state index contributed by atoms with van der Waals surface area (Å²) in [4.78, 5) is 2.06. The van der Waals surface area contributed by atoms with E-state index < -0.39 is 21.8 Å². The van der Waals surface area contributed by atoms with E-state index in [0.29, 0.717) is 5.69 Å². The Morgan fingerprint density at radius 2 is 1.68 bits per heavy atom. The molecule has 8 heteroatoms. The van der Waals surface area contributed by atoms with Crippen molar-refractivity contribution in [2.45, 2.75) is 23.9 Å². The summed E-state index contributed by atoms with van der Waals surface area (Å²) in [6, 6.07) is 8.83. The molecule has 0 spiro atoms. The van der Waals surface area contributed by atoms with Crippen LogP contribution in [0.2, 0.25) is 0 Å². The summed E-state index contributed by atoms with van der Waals surface area (Å²) in [5, 5.41) is 0. The van der Waals surface area contributed by atoms with Crippen LogP contribution in [0.3, 0.4) is 0 Å². The highest BCUT2D eigenvalue weighted by Crippen LogP contribution is 2.30. The first-order chi connectivity index (χ1) is 13.2. The minimum absolute atomic E-state index is 0.215. The summed E-state index contributed by atoms with van der Waals surface area (Å²) < 4.78 is 65.5. The molecule has 1 N–H and O–H groups in total. The average molecular weight is 410 g/mol. The van der Waals surface area contributed by atoms with Gasteiger partial charge >= 0.3 is 6.18 Å². The molecule has 2 aromatic rings. The van der Waals surface area contributed by atoms with Crippen LogP contribution in [-0.4, -0.2) is 33.0 Å². The van der Waals surface area contributed by atoms with Gasteiger partial charge in [0.2, 0.25) is 0 Å². The first-order valence-corrected chi connectivity index (χ1v) is 10.3. The summed E-state index contributed by atoms with van der Waals surface area (Å²) >= 11 is 0. The molecule has 1 aliphatic heterocycles. The van der Waals surface area contributed by atoms with Gasteiger partial charge in [-0.1, -0.05) is 12.1 Å². The summed E-state index contributed by atoms with van der Waals surface area (Å²) in [6.07, 6.45) is -0.986. The first-order valence-electron chi connectivity index (χ1n) is 8.84. The van der Waals surface area contributed by atoms with Gasteiger partial charge in [-0.2, -0.15) is 13.2 Å². The summed E-state index contributed by atoms with van der Waals surface area (Å²) in [6.45, 7) is 6.33. The van der Waals surface area contributed by atoms with Crippen LogP contribution in [0.1, 0.15) is 16.7 Å². The summed E-state index contributed by atoms with van der Waals surface area (Å²) in [7, 11) is -3.97. The van der Waals surface area contributed by atoms with Crippen LogP contribution in [0, 0.1) is 0 Å². The van der Waals surface area contributed by atoms with Crippen LogP contribution < -0.4 is 4.72 Å². The fourth-order valence-electron chi connectivity index (χ4n) is 3.24. The minimum Gasteiger partial charge on any atom is -0.299 e. The van der Waals surface area contributed by atoms with E-state index in [1.54, 1.807) is 12.1 Å². The van der Waals surface area contributed by atoms with Crippen LogP contribution in [0.25, 0.3) is 0 Å². The maximum atomic E-state index is 12.7. The van der Waals surface area contributed by atoms with Gasteiger partial charge in [-0.25, -0.2) is 8.42 Å². The zero-order chi connectivity index (χ0) is 20.4. The van der Waals surface area contributed by atoms with E-state index in [1.165, 1.54) is 5.56 Å². The third-order valence-electron chi connectivity index (χ3n) is 4.73. The molecule has 0 unspecified atom stereocenters. The van der Waals surface area contributed by atoms with E-state index in [4.69, 9.17) is 0 Å². The van der Waals surface area contributed by atoms with E-state index in [9.17, 15) is 21.6 Å². The van der Waals surface area contributed by atoms with Gasteiger partial charge in [-0.05, 0) is 60.4 Å². The van der Waals surface area contributed by atoms with Gasteiger partial charge in [0.1, 0.15) is 0 Å². The average Bonchev–Trinajstić information content (AvgIpc) is 2.83. The molecule has 0 atom stereocenters. The molecule has 2 aromatic carbocycles. The molecule has 0 bridgehead atoms. The number of alkyl halides is 3. The van der Waals surface area contributed by atoms with Gasteiger partial charge in [-0.3, -0.25) is 9.62 Å². The van der Waals surface area contributed by atoms with Crippen LogP contribution in [-0.2, 0) is 29.0 Å². The van der Waals surface area contributed by atoms with Crippen molar-refractivity contribution in [1.82, 2.24) is 4.90 Å². The van der Waals surface area contributed by atoms with Gasteiger partial charge in [-0.15, -0.1) is 6.58 Å². The molecule has 1 aliphatic rings. The number of hydrogen-bond acceptors (Lipinski definition) is 3. The SMILES string of the molecule is C=CCN1CCc2ccc(NS(=O)(=O)c3ccc(C(F)(F)F)cc3)cc2CC1. The number of anilines is 1. The second-order valence-electron chi connectivity index (χ2n) is 6.70. The lowest BCUT2D eigenvalue weighted by atomic mass is 10.0. The second-order valence-corrected chi connectivity index (χ2v) is 8.38. The van der Waals surface area contributed by atoms with E-state index in [2.05, 4.69) is 16.2 Å². The number of sulfonamides is 1. The van der Waals surface area contributed by atoms with Gasteiger partial charge < -0.3 is 0 Å². The third-order valence-corrected chi connectivity index (χ3v) is 6.13. The van der Waals surface area contributed by atoms with Crippen molar-refractivity contribution in [3.8, 4) is 0 Å². The van der Waals surface area contributed by atoms with Crippen molar-refractivity contribution in [2.24, 2.45) is 0 Å². The van der Waals surface area contributed by atoms with Crippen molar-refractivity contribution < 1.29 is 21.6 Å². The highest BCUT2D eigenvalue weighted by atomic mass is 32.2.